The number of carbonyl (C=O) groups is 2. The van der Waals surface area contributed by atoms with Gasteiger partial charge >= 0.3 is 5.97 Å². The van der Waals surface area contributed by atoms with Gasteiger partial charge in [-0.05, 0) is 43.3 Å². The van der Waals surface area contributed by atoms with Gasteiger partial charge in [-0.25, -0.2) is 0 Å². The Labute approximate surface area is 188 Å². The molecule has 3 aromatic rings. The van der Waals surface area contributed by atoms with Crippen molar-refractivity contribution in [2.24, 2.45) is 0 Å². The minimum Gasteiger partial charge on any atom is -0.497 e. The number of hydrogen-bond acceptors (Lipinski definition) is 7. The number of esters is 1. The van der Waals surface area contributed by atoms with Crippen LogP contribution in [0.2, 0.25) is 5.02 Å². The number of ether oxygens (including phenoxy) is 2. The summed E-state index contributed by atoms with van der Waals surface area (Å²) in [5, 5.41) is 12.3. The number of carbonyl (C=O) groups excluding carboxylic acids is 2. The van der Waals surface area contributed by atoms with E-state index in [0.29, 0.717) is 34.0 Å². The third-order valence-corrected chi connectivity index (χ3v) is 5.36. The molecule has 3 rings (SSSR count). The molecule has 0 spiro atoms. The first-order valence-corrected chi connectivity index (χ1v) is 10.8. The van der Waals surface area contributed by atoms with E-state index in [4.69, 9.17) is 21.1 Å². The normalized spacial score (nSPS) is 10.5. The lowest BCUT2D eigenvalue weighted by Crippen LogP contribution is -2.21. The maximum atomic E-state index is 12.1. The summed E-state index contributed by atoms with van der Waals surface area (Å²) in [4.78, 5) is 24.1. The number of hydrogen-bond donors (Lipinski definition) is 1. The number of anilines is 1. The van der Waals surface area contributed by atoms with E-state index in [1.807, 2.05) is 23.6 Å². The molecular weight excluding hydrogens is 440 g/mol. The van der Waals surface area contributed by atoms with Gasteiger partial charge in [0.1, 0.15) is 5.75 Å². The van der Waals surface area contributed by atoms with Crippen LogP contribution in [0.5, 0.6) is 5.75 Å². The first kappa shape index (κ1) is 22.6. The zero-order chi connectivity index (χ0) is 22.2. The first-order valence-electron chi connectivity index (χ1n) is 9.41. The number of rotatable bonds is 9. The molecule has 0 saturated carbocycles. The van der Waals surface area contributed by atoms with Gasteiger partial charge in [0.15, 0.2) is 17.6 Å². The van der Waals surface area contributed by atoms with E-state index in [9.17, 15) is 9.59 Å². The molecule has 0 aliphatic rings. The van der Waals surface area contributed by atoms with Crippen molar-refractivity contribution in [1.82, 2.24) is 14.8 Å². The van der Waals surface area contributed by atoms with Gasteiger partial charge in [-0.1, -0.05) is 29.4 Å². The number of halogens is 1. The van der Waals surface area contributed by atoms with Gasteiger partial charge in [0, 0.05) is 28.9 Å². The van der Waals surface area contributed by atoms with Crippen LogP contribution in [-0.4, -0.2) is 46.1 Å². The lowest BCUT2D eigenvalue weighted by Gasteiger charge is -2.09. The van der Waals surface area contributed by atoms with Crippen molar-refractivity contribution < 1.29 is 19.1 Å². The van der Waals surface area contributed by atoms with Crippen molar-refractivity contribution in [2.45, 2.75) is 18.6 Å². The molecule has 10 heteroatoms. The third-order valence-electron chi connectivity index (χ3n) is 4.17. The Hall–Kier alpha value is -3.04. The smallest absolute Gasteiger partial charge is 0.316 e. The molecule has 0 saturated heterocycles. The molecule has 0 aliphatic carbocycles. The van der Waals surface area contributed by atoms with E-state index in [1.165, 1.54) is 18.9 Å². The molecule has 1 N–H and O–H groups in total. The summed E-state index contributed by atoms with van der Waals surface area (Å²) in [6, 6.07) is 14.2. The second-order valence-corrected chi connectivity index (χ2v) is 7.67. The quantitative estimate of drug-likeness (QED) is 0.382. The average Bonchev–Trinajstić information content (AvgIpc) is 3.19. The zero-order valence-corrected chi connectivity index (χ0v) is 18.6. The Morgan fingerprint density at radius 1 is 1.16 bits per heavy atom. The second kappa shape index (κ2) is 10.8. The van der Waals surface area contributed by atoms with Crippen LogP contribution < -0.4 is 10.1 Å². The average molecular weight is 461 g/mol. The maximum Gasteiger partial charge on any atom is 0.316 e. The van der Waals surface area contributed by atoms with Crippen molar-refractivity contribution in [3.05, 3.63) is 53.6 Å². The molecule has 0 fully saturated rings. The minimum absolute atomic E-state index is 0.00515. The molecule has 1 amide bonds. The predicted molar refractivity (Wildman–Crippen MR) is 119 cm³/mol. The number of thioether (sulfide) groups is 1. The largest absolute Gasteiger partial charge is 0.497 e. The van der Waals surface area contributed by atoms with Crippen LogP contribution in [0.25, 0.3) is 11.4 Å². The zero-order valence-electron chi connectivity index (χ0n) is 17.0. The summed E-state index contributed by atoms with van der Waals surface area (Å²) >= 11 is 7.14. The fraction of sp³-hybridized carbons (Fsp3) is 0.238. The summed E-state index contributed by atoms with van der Waals surface area (Å²) in [6.07, 6.45) is 0. The van der Waals surface area contributed by atoms with Crippen molar-refractivity contribution in [1.29, 1.82) is 0 Å². The van der Waals surface area contributed by atoms with Crippen LogP contribution in [0.15, 0.2) is 53.7 Å². The molecule has 1 aromatic heterocycles. The molecule has 1 heterocycles. The molecule has 31 heavy (non-hydrogen) atoms. The molecule has 0 atom stereocenters. The van der Waals surface area contributed by atoms with Crippen LogP contribution in [0, 0.1) is 0 Å². The fourth-order valence-corrected chi connectivity index (χ4v) is 3.63. The first-order chi connectivity index (χ1) is 15.0. The Kier molecular flexibility index (Phi) is 7.91. The number of amides is 1. The van der Waals surface area contributed by atoms with Crippen LogP contribution in [0.3, 0.4) is 0 Å². The Morgan fingerprint density at radius 2 is 1.94 bits per heavy atom. The van der Waals surface area contributed by atoms with Crippen LogP contribution in [0.4, 0.5) is 5.69 Å². The lowest BCUT2D eigenvalue weighted by atomic mass is 10.2. The van der Waals surface area contributed by atoms with Crippen molar-refractivity contribution in [3.8, 4) is 17.1 Å². The molecule has 162 valence electrons. The third kappa shape index (κ3) is 6.22. The molecule has 8 nitrogen and oxygen atoms in total. The topological polar surface area (TPSA) is 95.3 Å². The highest BCUT2D eigenvalue weighted by Crippen LogP contribution is 2.25. The van der Waals surface area contributed by atoms with Crippen LogP contribution in [-0.2, 0) is 20.9 Å². The van der Waals surface area contributed by atoms with Gasteiger partial charge in [0.2, 0.25) is 0 Å². The monoisotopic (exact) mass is 460 g/mol. The SMILES string of the molecule is CCn1c(SCC(=O)OCC(=O)Nc2cccc(OC)c2)nnc1-c1ccc(Cl)cc1. The summed E-state index contributed by atoms with van der Waals surface area (Å²) in [6.45, 7) is 2.21. The summed E-state index contributed by atoms with van der Waals surface area (Å²) in [5.41, 5.74) is 1.43. The summed E-state index contributed by atoms with van der Waals surface area (Å²) < 4.78 is 12.1. The van der Waals surface area contributed by atoms with Gasteiger partial charge in [-0.2, -0.15) is 0 Å². The van der Waals surface area contributed by atoms with E-state index in [-0.39, 0.29) is 12.4 Å². The Morgan fingerprint density at radius 3 is 2.65 bits per heavy atom. The number of nitrogens with zero attached hydrogens (tertiary/aromatic N) is 3. The van der Waals surface area contributed by atoms with Gasteiger partial charge in [-0.3, -0.25) is 9.59 Å². The van der Waals surface area contributed by atoms with E-state index < -0.39 is 11.9 Å². The molecule has 0 aliphatic heterocycles. The standard InChI is InChI=1S/C21H21ClN4O4S/c1-3-26-20(14-7-9-15(22)10-8-14)24-25-21(26)31-13-19(28)30-12-18(27)23-16-5-4-6-17(11-16)29-2/h4-11H,3,12-13H2,1-2H3,(H,23,27). The van der Waals surface area contributed by atoms with E-state index in [1.54, 1.807) is 36.4 Å². The van der Waals surface area contributed by atoms with E-state index in [0.717, 1.165) is 5.56 Å². The molecule has 2 aromatic carbocycles. The number of methoxy groups -OCH3 is 1. The molecule has 0 bridgehead atoms. The van der Waals surface area contributed by atoms with Gasteiger partial charge < -0.3 is 19.4 Å². The summed E-state index contributed by atoms with van der Waals surface area (Å²) in [7, 11) is 1.54. The number of nitrogens with one attached hydrogen (secondary N) is 1. The molecule has 0 radical (unpaired) electrons. The maximum absolute atomic E-state index is 12.1. The van der Waals surface area contributed by atoms with E-state index >= 15 is 0 Å². The van der Waals surface area contributed by atoms with Crippen LogP contribution in [0.1, 0.15) is 6.92 Å². The Bertz CT molecular complexity index is 1060. The Balaban J connectivity index is 1.51. The molecule has 0 unspecified atom stereocenters. The summed E-state index contributed by atoms with van der Waals surface area (Å²) in [5.74, 6) is 0.348. The lowest BCUT2D eigenvalue weighted by molar-refractivity contribution is -0.144. The highest BCUT2D eigenvalue weighted by Gasteiger charge is 2.16. The van der Waals surface area contributed by atoms with Crippen LogP contribution >= 0.6 is 23.4 Å². The predicted octanol–water partition coefficient (Wildman–Crippen LogP) is 3.90. The van der Waals surface area contributed by atoms with E-state index in [2.05, 4.69) is 15.5 Å². The highest BCUT2D eigenvalue weighted by molar-refractivity contribution is 7.99. The van der Waals surface area contributed by atoms with Crippen molar-refractivity contribution in [2.75, 3.05) is 24.8 Å². The highest BCUT2D eigenvalue weighted by atomic mass is 35.5. The number of aromatic nitrogens is 3. The number of benzene rings is 2. The molecular formula is C21H21ClN4O4S. The van der Waals surface area contributed by atoms with Gasteiger partial charge in [-0.15, -0.1) is 10.2 Å². The van der Waals surface area contributed by atoms with Gasteiger partial charge in [0.25, 0.3) is 5.91 Å². The van der Waals surface area contributed by atoms with Gasteiger partial charge in [0.05, 0.1) is 12.9 Å². The minimum atomic E-state index is -0.524. The van der Waals surface area contributed by atoms with Crippen molar-refractivity contribution >= 4 is 40.9 Å². The van der Waals surface area contributed by atoms with Crippen molar-refractivity contribution in [3.63, 3.8) is 0 Å². The fourth-order valence-electron chi connectivity index (χ4n) is 2.70. The second-order valence-electron chi connectivity index (χ2n) is 6.29.